The minimum atomic E-state index is -0.716. The number of rotatable bonds is 14. The minimum absolute atomic E-state index is 0.109. The van der Waals surface area contributed by atoms with Crippen molar-refractivity contribution in [3.05, 3.63) is 154 Å². The Morgan fingerprint density at radius 3 is 1.27 bits per heavy atom. The maximum absolute atomic E-state index is 13.3. The van der Waals surface area contributed by atoms with Gasteiger partial charge < -0.3 is 29.6 Å². The Balaban J connectivity index is 1.11. The molecule has 0 bridgehead atoms. The van der Waals surface area contributed by atoms with E-state index in [1.165, 1.54) is 0 Å². The van der Waals surface area contributed by atoms with Crippen molar-refractivity contribution in [2.75, 3.05) is 20.0 Å². The molecule has 2 aliphatic heterocycles. The molecular formula is C43H44N4O8. The molecule has 4 amide bonds. The van der Waals surface area contributed by atoms with Crippen molar-refractivity contribution in [1.29, 1.82) is 0 Å². The SMILES string of the molecule is CCOC(=O)C1=C(C)N(Cc2ccccc2)C(=O)NC1c1ccc(OCOc2ccc(C3NC(=O)N(Cc4ccccc4)C(C)=C3C(=O)OCC)cc2)cc1. The Labute approximate surface area is 320 Å². The van der Waals surface area contributed by atoms with Gasteiger partial charge >= 0.3 is 24.0 Å². The number of benzene rings is 4. The molecule has 2 heterocycles. The van der Waals surface area contributed by atoms with Crippen LogP contribution >= 0.6 is 0 Å². The molecule has 12 nitrogen and oxygen atoms in total. The van der Waals surface area contributed by atoms with Gasteiger partial charge in [-0.1, -0.05) is 84.9 Å². The maximum atomic E-state index is 13.3. The number of nitrogens with one attached hydrogen (secondary N) is 2. The van der Waals surface area contributed by atoms with Crippen molar-refractivity contribution in [2.45, 2.75) is 52.9 Å². The Morgan fingerprint density at radius 2 is 0.927 bits per heavy atom. The van der Waals surface area contributed by atoms with Crippen LogP contribution < -0.4 is 20.1 Å². The van der Waals surface area contributed by atoms with Gasteiger partial charge in [-0.2, -0.15) is 0 Å². The van der Waals surface area contributed by atoms with Crippen LogP contribution in [0.1, 0.15) is 62.0 Å². The fourth-order valence-electron chi connectivity index (χ4n) is 6.60. The number of nitrogens with zero attached hydrogens (tertiary/aromatic N) is 2. The zero-order valence-corrected chi connectivity index (χ0v) is 31.2. The number of allylic oxidation sites excluding steroid dienone is 2. The third-order valence-corrected chi connectivity index (χ3v) is 9.43. The van der Waals surface area contributed by atoms with Crippen LogP contribution in [0.2, 0.25) is 0 Å². The lowest BCUT2D eigenvalue weighted by molar-refractivity contribution is -0.140. The lowest BCUT2D eigenvalue weighted by atomic mass is 9.94. The molecule has 0 spiro atoms. The highest BCUT2D eigenvalue weighted by molar-refractivity contribution is 5.96. The van der Waals surface area contributed by atoms with Crippen LogP contribution in [0.25, 0.3) is 0 Å². The summed E-state index contributed by atoms with van der Waals surface area (Å²) >= 11 is 0. The fraction of sp³-hybridized carbons (Fsp3) is 0.256. The van der Waals surface area contributed by atoms with Crippen LogP contribution in [0.5, 0.6) is 11.5 Å². The molecule has 6 rings (SSSR count). The lowest BCUT2D eigenvalue weighted by Crippen LogP contribution is -2.47. The normalized spacial score (nSPS) is 17.0. The summed E-state index contributed by atoms with van der Waals surface area (Å²) < 4.78 is 22.5. The predicted octanol–water partition coefficient (Wildman–Crippen LogP) is 7.31. The third kappa shape index (κ3) is 8.81. The molecule has 0 aliphatic carbocycles. The fourth-order valence-corrected chi connectivity index (χ4v) is 6.60. The van der Waals surface area contributed by atoms with Crippen LogP contribution in [0.15, 0.2) is 132 Å². The average molecular weight is 745 g/mol. The summed E-state index contributed by atoms with van der Waals surface area (Å²) in [5.74, 6) is 0.0245. The van der Waals surface area contributed by atoms with E-state index in [1.54, 1.807) is 86.0 Å². The van der Waals surface area contributed by atoms with E-state index < -0.39 is 24.0 Å². The van der Waals surface area contributed by atoms with E-state index in [9.17, 15) is 19.2 Å². The molecule has 4 aromatic rings. The number of ether oxygens (including phenoxy) is 4. The second-order valence-electron chi connectivity index (χ2n) is 12.9. The van der Waals surface area contributed by atoms with Gasteiger partial charge in [-0.3, -0.25) is 9.80 Å². The van der Waals surface area contributed by atoms with Crippen LogP contribution in [0.3, 0.4) is 0 Å². The van der Waals surface area contributed by atoms with Crippen LogP contribution in [0, 0.1) is 0 Å². The third-order valence-electron chi connectivity index (χ3n) is 9.43. The van der Waals surface area contributed by atoms with E-state index in [0.29, 0.717) is 58.3 Å². The zero-order chi connectivity index (χ0) is 38.9. The quantitative estimate of drug-likeness (QED) is 0.101. The molecule has 2 atom stereocenters. The second-order valence-corrected chi connectivity index (χ2v) is 12.9. The smallest absolute Gasteiger partial charge is 0.338 e. The molecule has 2 unspecified atom stereocenters. The van der Waals surface area contributed by atoms with Gasteiger partial charge in [-0.05, 0) is 74.2 Å². The summed E-state index contributed by atoms with van der Waals surface area (Å²) in [5, 5.41) is 5.95. The van der Waals surface area contributed by atoms with Crippen molar-refractivity contribution < 1.29 is 38.1 Å². The summed E-state index contributed by atoms with van der Waals surface area (Å²) in [6.07, 6.45) is 0. The van der Waals surface area contributed by atoms with Crippen LogP contribution in [0.4, 0.5) is 9.59 Å². The van der Waals surface area contributed by atoms with Crippen LogP contribution in [-0.2, 0) is 32.2 Å². The predicted molar refractivity (Wildman–Crippen MR) is 204 cm³/mol. The van der Waals surface area contributed by atoms with Gasteiger partial charge in [0.15, 0.2) is 0 Å². The first-order valence-corrected chi connectivity index (χ1v) is 18.1. The number of amides is 4. The minimum Gasteiger partial charge on any atom is -0.463 e. The molecule has 2 N–H and O–H groups in total. The summed E-state index contributed by atoms with van der Waals surface area (Å²) in [7, 11) is 0. The van der Waals surface area contributed by atoms with Crippen LogP contribution in [-0.4, -0.2) is 53.8 Å². The Hall–Kier alpha value is -6.56. The largest absolute Gasteiger partial charge is 0.463 e. The molecule has 12 heteroatoms. The highest BCUT2D eigenvalue weighted by Crippen LogP contribution is 2.35. The number of esters is 2. The number of carbonyl (C=O) groups excluding carboxylic acids is 4. The molecule has 2 aliphatic rings. The molecule has 0 saturated carbocycles. The molecule has 284 valence electrons. The number of hydrogen-bond acceptors (Lipinski definition) is 8. The van der Waals surface area contributed by atoms with Gasteiger partial charge in [0.05, 0.1) is 49.5 Å². The van der Waals surface area contributed by atoms with E-state index in [2.05, 4.69) is 10.6 Å². The molecular weight excluding hydrogens is 700 g/mol. The van der Waals surface area contributed by atoms with Crippen molar-refractivity contribution >= 4 is 24.0 Å². The molecule has 0 aromatic heterocycles. The first-order chi connectivity index (χ1) is 26.7. The molecule has 55 heavy (non-hydrogen) atoms. The van der Waals surface area contributed by atoms with E-state index in [0.717, 1.165) is 11.1 Å². The molecule has 0 saturated heterocycles. The highest BCUT2D eigenvalue weighted by Gasteiger charge is 2.38. The van der Waals surface area contributed by atoms with E-state index in [4.69, 9.17) is 18.9 Å². The van der Waals surface area contributed by atoms with E-state index in [1.807, 2.05) is 60.7 Å². The second kappa shape index (κ2) is 17.5. The average Bonchev–Trinajstić information content (AvgIpc) is 3.19. The van der Waals surface area contributed by atoms with Gasteiger partial charge in [0.1, 0.15) is 11.5 Å². The molecule has 0 fully saturated rings. The van der Waals surface area contributed by atoms with Gasteiger partial charge in [0.25, 0.3) is 0 Å². The van der Waals surface area contributed by atoms with Crippen molar-refractivity contribution in [3.8, 4) is 11.5 Å². The lowest BCUT2D eigenvalue weighted by Gasteiger charge is -2.35. The maximum Gasteiger partial charge on any atom is 0.338 e. The Kier molecular flexibility index (Phi) is 12.2. The number of carbonyl (C=O) groups is 4. The molecule has 4 aromatic carbocycles. The van der Waals surface area contributed by atoms with Gasteiger partial charge in [-0.25, -0.2) is 19.2 Å². The first-order valence-electron chi connectivity index (χ1n) is 18.1. The van der Waals surface area contributed by atoms with E-state index >= 15 is 0 Å². The Bertz CT molecular complexity index is 1920. The standard InChI is InChI=1S/C43H44N4O8/c1-5-52-40(48)36-28(3)46(25-30-13-9-7-10-14-30)42(50)44-38(36)32-17-21-34(22-18-32)54-27-55-35-23-19-33(20-24-35)39-37(41(49)53-6-2)29(4)47(43(51)45-39)26-31-15-11-8-12-16-31/h7-24,38-39H,5-6,25-27H2,1-4H3,(H,44,50)(H,45,51). The van der Waals surface area contributed by atoms with Gasteiger partial charge in [0, 0.05) is 11.4 Å². The monoisotopic (exact) mass is 744 g/mol. The van der Waals surface area contributed by atoms with Crippen molar-refractivity contribution in [3.63, 3.8) is 0 Å². The molecule has 0 radical (unpaired) electrons. The van der Waals surface area contributed by atoms with Gasteiger partial charge in [-0.15, -0.1) is 0 Å². The van der Waals surface area contributed by atoms with Crippen molar-refractivity contribution in [1.82, 2.24) is 20.4 Å². The first kappa shape index (κ1) is 38.2. The summed E-state index contributed by atoms with van der Waals surface area (Å²) in [4.78, 5) is 56.0. The van der Waals surface area contributed by atoms with E-state index in [-0.39, 0.29) is 32.1 Å². The highest BCUT2D eigenvalue weighted by atomic mass is 16.7. The zero-order valence-electron chi connectivity index (χ0n) is 31.2. The topological polar surface area (TPSA) is 136 Å². The summed E-state index contributed by atoms with van der Waals surface area (Å²) in [6, 6.07) is 31.1. The number of hydrogen-bond donors (Lipinski definition) is 2. The van der Waals surface area contributed by atoms with Crippen molar-refractivity contribution in [2.24, 2.45) is 0 Å². The summed E-state index contributed by atoms with van der Waals surface area (Å²) in [6.45, 7) is 7.89. The van der Waals surface area contributed by atoms with Gasteiger partial charge in [0.2, 0.25) is 6.79 Å². The Morgan fingerprint density at radius 1 is 0.564 bits per heavy atom. The number of urea groups is 2. The summed E-state index contributed by atoms with van der Waals surface area (Å²) in [5.41, 5.74) is 4.98.